The first-order valence-corrected chi connectivity index (χ1v) is 12.3. The molecule has 0 bridgehead atoms. The summed E-state index contributed by atoms with van der Waals surface area (Å²) in [6.45, 7) is 0.733. The number of nitrogens with two attached hydrogens (primary N) is 1. The van der Waals surface area contributed by atoms with Crippen molar-refractivity contribution in [2.24, 2.45) is 0 Å². The van der Waals surface area contributed by atoms with E-state index in [-0.39, 0.29) is 35.0 Å². The number of nitrogens with zero attached hydrogens (tertiary/aromatic N) is 2. The van der Waals surface area contributed by atoms with Gasteiger partial charge in [0.1, 0.15) is 17.2 Å². The number of aromatic amines is 1. The van der Waals surface area contributed by atoms with Gasteiger partial charge >= 0.3 is 6.36 Å². The molecule has 3 heterocycles. The fourth-order valence-corrected chi connectivity index (χ4v) is 5.63. The summed E-state index contributed by atoms with van der Waals surface area (Å²) in [6.07, 6.45) is 0.981. The van der Waals surface area contributed by atoms with Crippen LogP contribution in [0, 0.1) is 5.82 Å². The topological polar surface area (TPSA) is 93.5 Å². The highest BCUT2D eigenvalue weighted by Gasteiger charge is 2.33. The van der Waals surface area contributed by atoms with E-state index in [2.05, 4.69) is 14.7 Å². The number of hydrogen-bond acceptors (Lipinski definition) is 5. The fraction of sp³-hybridized carbons (Fsp3) is 0.462. The number of aryl methyl sites for hydroxylation is 2. The van der Waals surface area contributed by atoms with Crippen LogP contribution < -0.4 is 10.5 Å². The molecule has 1 amide bonds. The zero-order valence-corrected chi connectivity index (χ0v) is 20.3. The van der Waals surface area contributed by atoms with Crippen LogP contribution in [0.1, 0.15) is 58.8 Å². The molecule has 3 N–H and O–H groups in total. The molecule has 198 valence electrons. The van der Waals surface area contributed by atoms with E-state index >= 15 is 4.39 Å². The fourth-order valence-electron chi connectivity index (χ4n) is 5.63. The third kappa shape index (κ3) is 5.09. The van der Waals surface area contributed by atoms with Crippen LogP contribution in [0.2, 0.25) is 0 Å². The number of pyridine rings is 1. The van der Waals surface area contributed by atoms with Crippen molar-refractivity contribution in [3.05, 3.63) is 52.6 Å². The molecule has 2 aromatic heterocycles. The molecule has 0 unspecified atom stereocenters. The lowest BCUT2D eigenvalue weighted by Gasteiger charge is -2.33. The van der Waals surface area contributed by atoms with Crippen molar-refractivity contribution in [3.63, 3.8) is 0 Å². The lowest BCUT2D eigenvalue weighted by atomic mass is 9.86. The largest absolute Gasteiger partial charge is 0.573 e. The molecule has 11 heteroatoms. The number of carbonyl (C=O) groups excluding carboxylic acids is 1. The Labute approximate surface area is 210 Å². The maximum absolute atomic E-state index is 15.2. The maximum Gasteiger partial charge on any atom is 0.573 e. The molecule has 1 fully saturated rings. The summed E-state index contributed by atoms with van der Waals surface area (Å²) in [4.78, 5) is 22.4. The molecule has 37 heavy (non-hydrogen) atoms. The average molecular weight is 521 g/mol. The van der Waals surface area contributed by atoms with Crippen molar-refractivity contribution in [1.29, 1.82) is 0 Å². The van der Waals surface area contributed by atoms with Gasteiger partial charge < -0.3 is 25.1 Å². The second-order valence-corrected chi connectivity index (χ2v) is 9.62. The van der Waals surface area contributed by atoms with E-state index in [0.29, 0.717) is 37.1 Å². The highest BCUT2D eigenvalue weighted by molar-refractivity contribution is 5.99. The SMILES string of the molecule is CO[C@@H]1CCc2[nH]c3ncc(F)c(C4CCN(C(=O)c5ccc(OC(F)(F)F)cc5N)CC4)c3c2CC1. The Balaban J connectivity index is 1.34. The van der Waals surface area contributed by atoms with Gasteiger partial charge in [-0.05, 0) is 62.1 Å². The molecule has 1 aliphatic heterocycles. The van der Waals surface area contributed by atoms with Crippen molar-refractivity contribution in [2.45, 2.75) is 56.9 Å². The van der Waals surface area contributed by atoms with Gasteiger partial charge in [0.25, 0.3) is 5.91 Å². The van der Waals surface area contributed by atoms with Gasteiger partial charge in [-0.1, -0.05) is 0 Å². The summed E-state index contributed by atoms with van der Waals surface area (Å²) in [5, 5.41) is 0.848. The number of rotatable bonds is 4. The molecule has 1 saturated heterocycles. The van der Waals surface area contributed by atoms with Gasteiger partial charge in [-0.2, -0.15) is 0 Å². The second kappa shape index (κ2) is 9.85. The Kier molecular flexibility index (Phi) is 6.74. The molecular weight excluding hydrogens is 492 g/mol. The number of fused-ring (bicyclic) bond motifs is 3. The first-order chi connectivity index (χ1) is 17.6. The summed E-state index contributed by atoms with van der Waals surface area (Å²) in [6, 6.07) is 3.29. The number of aromatic nitrogens is 2. The monoisotopic (exact) mass is 520 g/mol. The minimum Gasteiger partial charge on any atom is -0.406 e. The predicted octanol–water partition coefficient (Wildman–Crippen LogP) is 5.10. The van der Waals surface area contributed by atoms with Gasteiger partial charge in [0.05, 0.1) is 17.9 Å². The lowest BCUT2D eigenvalue weighted by molar-refractivity contribution is -0.274. The predicted molar refractivity (Wildman–Crippen MR) is 129 cm³/mol. The number of nitrogens with one attached hydrogen (secondary N) is 1. The normalized spacial score (nSPS) is 19.1. The van der Waals surface area contributed by atoms with Crippen molar-refractivity contribution >= 4 is 22.6 Å². The highest BCUT2D eigenvalue weighted by atomic mass is 19.4. The van der Waals surface area contributed by atoms with Gasteiger partial charge in [-0.25, -0.2) is 9.37 Å². The Bertz CT molecular complexity index is 1320. The van der Waals surface area contributed by atoms with E-state index in [1.54, 1.807) is 12.0 Å². The number of amides is 1. The molecule has 1 atom stereocenters. The smallest absolute Gasteiger partial charge is 0.406 e. The summed E-state index contributed by atoms with van der Waals surface area (Å²) in [5.41, 5.74) is 9.38. The number of halogens is 4. The number of hydrogen-bond donors (Lipinski definition) is 2. The summed E-state index contributed by atoms with van der Waals surface area (Å²) in [7, 11) is 1.71. The minimum atomic E-state index is -4.85. The Hall–Kier alpha value is -3.34. The number of methoxy groups -OCH3 is 1. The number of benzene rings is 1. The van der Waals surface area contributed by atoms with Crippen LogP contribution in [0.4, 0.5) is 23.2 Å². The number of ether oxygens (including phenoxy) is 2. The molecule has 0 saturated carbocycles. The summed E-state index contributed by atoms with van der Waals surface area (Å²) >= 11 is 0. The van der Waals surface area contributed by atoms with Crippen LogP contribution >= 0.6 is 0 Å². The molecule has 3 aromatic rings. The standard InChI is InChI=1S/C26H28F4N4O3/c1-36-15-2-6-18-21(7-4-15)33-24-23(18)22(19(27)13-32-24)14-8-10-34(11-9-14)25(35)17-5-3-16(12-20(17)31)37-26(28,29)30/h3,5,12-15H,2,4,6-11,31H2,1H3,(H,32,33)/t15-/m0/s1. The van der Waals surface area contributed by atoms with Crippen LogP contribution in [0.25, 0.3) is 11.0 Å². The molecular formula is C26H28F4N4O3. The summed E-state index contributed by atoms with van der Waals surface area (Å²) in [5.74, 6) is -1.32. The lowest BCUT2D eigenvalue weighted by Crippen LogP contribution is -2.38. The van der Waals surface area contributed by atoms with Crippen LogP contribution in [0.5, 0.6) is 5.75 Å². The van der Waals surface area contributed by atoms with Gasteiger partial charge in [-0.3, -0.25) is 4.79 Å². The highest BCUT2D eigenvalue weighted by Crippen LogP contribution is 2.39. The van der Waals surface area contributed by atoms with E-state index in [4.69, 9.17) is 10.5 Å². The van der Waals surface area contributed by atoms with E-state index < -0.39 is 12.1 Å². The van der Waals surface area contributed by atoms with Gasteiger partial charge in [-0.15, -0.1) is 13.2 Å². The van der Waals surface area contributed by atoms with E-state index in [1.807, 2.05) is 0 Å². The van der Waals surface area contributed by atoms with E-state index in [9.17, 15) is 18.0 Å². The number of likely N-dealkylation sites (tertiary alicyclic amines) is 1. The van der Waals surface area contributed by atoms with Crippen molar-refractivity contribution in [2.75, 3.05) is 25.9 Å². The molecule has 2 aliphatic rings. The first kappa shape index (κ1) is 25.3. The molecule has 1 aromatic carbocycles. The van der Waals surface area contributed by atoms with Crippen LogP contribution in [0.15, 0.2) is 24.4 Å². The maximum atomic E-state index is 15.2. The van der Waals surface area contributed by atoms with Crippen LogP contribution in [0.3, 0.4) is 0 Å². The molecule has 0 radical (unpaired) electrons. The van der Waals surface area contributed by atoms with E-state index in [0.717, 1.165) is 54.5 Å². The number of alkyl halides is 3. The minimum absolute atomic E-state index is 0.0971. The van der Waals surface area contributed by atoms with Gasteiger partial charge in [0, 0.05) is 48.6 Å². The van der Waals surface area contributed by atoms with E-state index in [1.165, 1.54) is 12.3 Å². The van der Waals surface area contributed by atoms with Crippen molar-refractivity contribution in [1.82, 2.24) is 14.9 Å². The van der Waals surface area contributed by atoms with Crippen LogP contribution in [-0.4, -0.2) is 53.4 Å². The third-order valence-electron chi connectivity index (χ3n) is 7.45. The van der Waals surface area contributed by atoms with Crippen molar-refractivity contribution < 1.29 is 31.8 Å². The van der Waals surface area contributed by atoms with Gasteiger partial charge in [0.2, 0.25) is 0 Å². The Morgan fingerprint density at radius 3 is 2.57 bits per heavy atom. The zero-order chi connectivity index (χ0) is 26.3. The number of H-pyrrole nitrogens is 1. The zero-order valence-electron chi connectivity index (χ0n) is 20.3. The second-order valence-electron chi connectivity index (χ2n) is 9.62. The van der Waals surface area contributed by atoms with Crippen LogP contribution in [-0.2, 0) is 17.6 Å². The number of nitrogen functional groups attached to an aromatic ring is 1. The molecule has 7 nitrogen and oxygen atoms in total. The molecule has 5 rings (SSSR count). The third-order valence-corrected chi connectivity index (χ3v) is 7.45. The average Bonchev–Trinajstić information content (AvgIpc) is 3.07. The quantitative estimate of drug-likeness (QED) is 0.284. The number of anilines is 1. The Morgan fingerprint density at radius 1 is 1.16 bits per heavy atom. The molecule has 0 spiro atoms. The first-order valence-electron chi connectivity index (χ1n) is 12.3. The summed E-state index contributed by atoms with van der Waals surface area (Å²) < 4.78 is 62.1. The molecule has 1 aliphatic carbocycles. The Morgan fingerprint density at radius 2 is 1.89 bits per heavy atom. The van der Waals surface area contributed by atoms with Gasteiger partial charge in [0.15, 0.2) is 0 Å². The number of carbonyl (C=O) groups is 1. The number of piperidine rings is 1. The van der Waals surface area contributed by atoms with Crippen molar-refractivity contribution in [3.8, 4) is 5.75 Å².